The molecule has 0 amide bonds. The summed E-state index contributed by atoms with van der Waals surface area (Å²) in [5.41, 5.74) is 6.65. The number of fused-ring (bicyclic) bond motifs is 1. The second-order valence-corrected chi connectivity index (χ2v) is 7.77. The van der Waals surface area contributed by atoms with E-state index in [0.29, 0.717) is 17.0 Å². The molecule has 2 heterocycles. The SMILES string of the molecule is COON(C)CC1CC(Oc2ncc(C(C)(C)N)c3cc(Cl)ncc23)C1. The summed E-state index contributed by atoms with van der Waals surface area (Å²) >= 11 is 6.09. The molecule has 8 heteroatoms. The Labute approximate surface area is 158 Å². The summed E-state index contributed by atoms with van der Waals surface area (Å²) in [6.07, 6.45) is 5.46. The van der Waals surface area contributed by atoms with E-state index in [2.05, 4.69) is 14.9 Å². The van der Waals surface area contributed by atoms with E-state index in [1.807, 2.05) is 27.0 Å². The van der Waals surface area contributed by atoms with Crippen molar-refractivity contribution in [3.63, 3.8) is 0 Å². The molecule has 7 nitrogen and oxygen atoms in total. The van der Waals surface area contributed by atoms with Crippen molar-refractivity contribution in [1.82, 2.24) is 15.0 Å². The van der Waals surface area contributed by atoms with E-state index in [1.54, 1.807) is 17.5 Å². The molecule has 0 spiro atoms. The van der Waals surface area contributed by atoms with Crippen molar-refractivity contribution in [3.05, 3.63) is 29.2 Å². The Balaban J connectivity index is 1.74. The predicted octanol–water partition coefficient (Wildman–Crippen LogP) is 3.06. The molecule has 0 aromatic carbocycles. The van der Waals surface area contributed by atoms with E-state index in [4.69, 9.17) is 27.1 Å². The van der Waals surface area contributed by atoms with Gasteiger partial charge in [-0.2, -0.15) is 5.06 Å². The number of pyridine rings is 2. The minimum atomic E-state index is -0.540. The molecule has 0 radical (unpaired) electrons. The van der Waals surface area contributed by atoms with Gasteiger partial charge >= 0.3 is 0 Å². The number of nitrogens with two attached hydrogens (primary N) is 1. The molecule has 2 N–H and O–H groups in total. The van der Waals surface area contributed by atoms with Crippen LogP contribution >= 0.6 is 11.6 Å². The largest absolute Gasteiger partial charge is 0.474 e. The number of ether oxygens (including phenoxy) is 1. The average molecular weight is 381 g/mol. The minimum absolute atomic E-state index is 0.124. The van der Waals surface area contributed by atoms with Crippen molar-refractivity contribution in [2.75, 3.05) is 20.7 Å². The second kappa shape index (κ2) is 7.62. The lowest BCUT2D eigenvalue weighted by Crippen LogP contribution is -2.40. The molecule has 0 atom stereocenters. The zero-order chi connectivity index (χ0) is 18.9. The highest BCUT2D eigenvalue weighted by Gasteiger charge is 2.33. The summed E-state index contributed by atoms with van der Waals surface area (Å²) in [5, 5.41) is 3.85. The van der Waals surface area contributed by atoms with E-state index < -0.39 is 5.54 Å². The smallest absolute Gasteiger partial charge is 0.223 e. The lowest BCUT2D eigenvalue weighted by atomic mass is 9.82. The highest BCUT2D eigenvalue weighted by atomic mass is 35.5. The van der Waals surface area contributed by atoms with E-state index in [9.17, 15) is 0 Å². The van der Waals surface area contributed by atoms with Crippen molar-refractivity contribution in [3.8, 4) is 5.88 Å². The first kappa shape index (κ1) is 19.3. The maximum atomic E-state index is 6.28. The second-order valence-electron chi connectivity index (χ2n) is 7.38. The molecule has 142 valence electrons. The minimum Gasteiger partial charge on any atom is -0.474 e. The van der Waals surface area contributed by atoms with E-state index in [-0.39, 0.29) is 6.10 Å². The molecule has 1 aliphatic carbocycles. The van der Waals surface area contributed by atoms with Crippen LogP contribution in [0.3, 0.4) is 0 Å². The van der Waals surface area contributed by atoms with Gasteiger partial charge in [0.25, 0.3) is 0 Å². The number of halogens is 1. The first-order valence-corrected chi connectivity index (χ1v) is 8.98. The molecule has 0 aliphatic heterocycles. The van der Waals surface area contributed by atoms with Crippen molar-refractivity contribution < 1.29 is 14.6 Å². The van der Waals surface area contributed by atoms with Crippen molar-refractivity contribution in [2.45, 2.75) is 38.3 Å². The molecule has 1 fully saturated rings. The van der Waals surface area contributed by atoms with Gasteiger partial charge in [-0.15, -0.1) is 4.99 Å². The molecular formula is C18H25ClN4O3. The van der Waals surface area contributed by atoms with Crippen molar-refractivity contribution in [2.24, 2.45) is 11.7 Å². The maximum Gasteiger partial charge on any atom is 0.223 e. The van der Waals surface area contributed by atoms with Crippen LogP contribution in [0.1, 0.15) is 32.3 Å². The Hall–Kier alpha value is -1.51. The van der Waals surface area contributed by atoms with Crippen LogP contribution in [-0.4, -0.2) is 41.8 Å². The summed E-state index contributed by atoms with van der Waals surface area (Å²) in [5.74, 6) is 1.07. The molecule has 1 saturated carbocycles. The van der Waals surface area contributed by atoms with Crippen molar-refractivity contribution in [1.29, 1.82) is 0 Å². The van der Waals surface area contributed by atoms with Gasteiger partial charge in [-0.25, -0.2) is 14.9 Å². The Morgan fingerprint density at radius 3 is 2.65 bits per heavy atom. The van der Waals surface area contributed by atoms with Gasteiger partial charge in [0.2, 0.25) is 5.88 Å². The van der Waals surface area contributed by atoms with Gasteiger partial charge in [-0.05, 0) is 49.6 Å². The van der Waals surface area contributed by atoms with Crippen LogP contribution in [-0.2, 0) is 15.4 Å². The number of nitrogens with zero attached hydrogens (tertiary/aromatic N) is 3. The Kier molecular flexibility index (Phi) is 5.64. The third-order valence-electron chi connectivity index (χ3n) is 4.58. The van der Waals surface area contributed by atoms with Gasteiger partial charge < -0.3 is 10.5 Å². The quantitative estimate of drug-likeness (QED) is 0.449. The lowest BCUT2D eigenvalue weighted by Gasteiger charge is -2.36. The number of hydrogen-bond acceptors (Lipinski definition) is 7. The fraction of sp³-hybridized carbons (Fsp3) is 0.556. The standard InChI is InChI=1S/C18H25ClN4O3/c1-18(2,20)15-9-22-17(14-8-21-16(19)7-13(14)15)25-12-5-11(6-12)10-23(3)26-24-4/h7-9,11-12H,5-6,10,20H2,1-4H3. The van der Waals surface area contributed by atoms with Gasteiger partial charge in [-0.3, -0.25) is 0 Å². The van der Waals surface area contributed by atoms with Crippen LogP contribution in [0, 0.1) is 5.92 Å². The highest BCUT2D eigenvalue weighted by Crippen LogP contribution is 2.36. The molecule has 0 unspecified atom stereocenters. The van der Waals surface area contributed by atoms with Crippen LogP contribution < -0.4 is 10.5 Å². The average Bonchev–Trinajstić information content (AvgIpc) is 2.51. The van der Waals surface area contributed by atoms with Crippen LogP contribution in [0.4, 0.5) is 0 Å². The van der Waals surface area contributed by atoms with Gasteiger partial charge in [0.05, 0.1) is 12.5 Å². The van der Waals surface area contributed by atoms with Crippen LogP contribution in [0.5, 0.6) is 5.88 Å². The zero-order valence-corrected chi connectivity index (χ0v) is 16.3. The van der Waals surface area contributed by atoms with Crippen LogP contribution in [0.2, 0.25) is 5.15 Å². The third kappa shape index (κ3) is 4.24. The molecule has 1 aliphatic rings. The molecular weight excluding hydrogens is 356 g/mol. The Bertz CT molecular complexity index is 775. The summed E-state index contributed by atoms with van der Waals surface area (Å²) in [7, 11) is 3.34. The topological polar surface area (TPSA) is 82.7 Å². The molecule has 2 aromatic heterocycles. The molecule has 3 rings (SSSR count). The summed E-state index contributed by atoms with van der Waals surface area (Å²) < 4.78 is 6.12. The van der Waals surface area contributed by atoms with E-state index in [0.717, 1.165) is 35.7 Å². The Morgan fingerprint density at radius 2 is 2.00 bits per heavy atom. The van der Waals surface area contributed by atoms with Crippen molar-refractivity contribution >= 4 is 22.4 Å². The summed E-state index contributed by atoms with van der Waals surface area (Å²) in [4.78, 5) is 18.3. The molecule has 2 aromatic rings. The predicted molar refractivity (Wildman–Crippen MR) is 99.6 cm³/mol. The van der Waals surface area contributed by atoms with Gasteiger partial charge in [0.15, 0.2) is 0 Å². The van der Waals surface area contributed by atoms with Crippen LogP contribution in [0.15, 0.2) is 18.5 Å². The molecule has 0 saturated heterocycles. The first-order valence-electron chi connectivity index (χ1n) is 8.60. The molecule has 26 heavy (non-hydrogen) atoms. The number of hydroxylamine groups is 2. The number of rotatable bonds is 7. The normalized spacial score (nSPS) is 20.4. The Morgan fingerprint density at radius 1 is 1.27 bits per heavy atom. The van der Waals surface area contributed by atoms with Gasteiger partial charge in [0, 0.05) is 31.5 Å². The van der Waals surface area contributed by atoms with Gasteiger partial charge in [-0.1, -0.05) is 11.6 Å². The number of hydrogen-bond donors (Lipinski definition) is 1. The fourth-order valence-electron chi connectivity index (χ4n) is 3.29. The van der Waals surface area contributed by atoms with Crippen LogP contribution in [0.25, 0.3) is 10.8 Å². The third-order valence-corrected chi connectivity index (χ3v) is 4.79. The zero-order valence-electron chi connectivity index (χ0n) is 15.5. The fourth-order valence-corrected chi connectivity index (χ4v) is 3.45. The highest BCUT2D eigenvalue weighted by molar-refractivity contribution is 6.30. The van der Waals surface area contributed by atoms with Gasteiger partial charge in [0.1, 0.15) is 11.3 Å². The lowest BCUT2D eigenvalue weighted by molar-refractivity contribution is -0.408. The molecule has 0 bridgehead atoms. The number of aromatic nitrogens is 2. The first-order chi connectivity index (χ1) is 12.3. The van der Waals surface area contributed by atoms with E-state index >= 15 is 0 Å². The monoisotopic (exact) mass is 380 g/mol. The summed E-state index contributed by atoms with van der Waals surface area (Å²) in [6.45, 7) is 4.67. The van der Waals surface area contributed by atoms with E-state index in [1.165, 1.54) is 7.11 Å². The summed E-state index contributed by atoms with van der Waals surface area (Å²) in [6, 6.07) is 1.82. The maximum absolute atomic E-state index is 6.28.